The fourth-order valence-corrected chi connectivity index (χ4v) is 6.69. The molecule has 0 saturated heterocycles. The normalized spacial score (nSPS) is 13.7. The van der Waals surface area contributed by atoms with Crippen molar-refractivity contribution in [1.82, 2.24) is 4.57 Å². The molecule has 0 saturated carbocycles. The van der Waals surface area contributed by atoms with Crippen LogP contribution >= 0.6 is 0 Å². The van der Waals surface area contributed by atoms with Gasteiger partial charge in [0, 0.05) is 33.5 Å². The summed E-state index contributed by atoms with van der Waals surface area (Å²) in [5, 5.41) is 2.32. The van der Waals surface area contributed by atoms with Gasteiger partial charge in [-0.25, -0.2) is 0 Å². The van der Waals surface area contributed by atoms with Crippen molar-refractivity contribution in [2.45, 2.75) is 0 Å². The predicted molar refractivity (Wildman–Crippen MR) is 212 cm³/mol. The molecule has 2 heteroatoms. The highest BCUT2D eigenvalue weighted by molar-refractivity contribution is 6.15. The molecule has 9 rings (SSSR count). The van der Waals surface area contributed by atoms with Gasteiger partial charge in [-0.2, -0.15) is 0 Å². The van der Waals surface area contributed by atoms with Crippen molar-refractivity contribution in [2.24, 2.45) is 0 Å². The highest BCUT2D eigenvalue weighted by atomic mass is 15.1. The van der Waals surface area contributed by atoms with Gasteiger partial charge in [0.25, 0.3) is 0 Å². The van der Waals surface area contributed by atoms with Crippen LogP contribution in [0.25, 0.3) is 60.9 Å². The molecular formula is C48H34N2. The smallest absolute Gasteiger partial charge is 0.0645 e. The molecule has 0 fully saturated rings. The highest BCUT2D eigenvalue weighted by Gasteiger charge is 2.17. The molecule has 0 aliphatic carbocycles. The summed E-state index contributed by atoms with van der Waals surface area (Å²) in [4.78, 5) is 1.65. The highest BCUT2D eigenvalue weighted by Crippen LogP contribution is 2.40. The van der Waals surface area contributed by atoms with Crippen molar-refractivity contribution >= 4 is 38.9 Å². The molecule has 9 aromatic rings. The van der Waals surface area contributed by atoms with E-state index in [-0.39, 0.29) is 16.8 Å². The Labute approximate surface area is 305 Å². The van der Waals surface area contributed by atoms with E-state index < -0.39 is 54.4 Å². The van der Waals surface area contributed by atoms with E-state index in [0.29, 0.717) is 11.4 Å². The molecular weight excluding hydrogens is 605 g/mol. The van der Waals surface area contributed by atoms with Crippen molar-refractivity contribution in [3.8, 4) is 39.1 Å². The quantitative estimate of drug-likeness (QED) is 0.167. The second-order valence-corrected chi connectivity index (χ2v) is 11.9. The molecule has 0 aliphatic rings. The Bertz CT molecular complexity index is 3030. The molecule has 0 atom stereocenters. The summed E-state index contributed by atoms with van der Waals surface area (Å²) in [6, 6.07) is 45.5. The molecule has 2 nitrogen and oxygen atoms in total. The summed E-state index contributed by atoms with van der Waals surface area (Å²) in [5.41, 5.74) is 7.79. The van der Waals surface area contributed by atoms with E-state index in [9.17, 15) is 2.74 Å². The van der Waals surface area contributed by atoms with E-state index in [1.807, 2.05) is 66.7 Å². The van der Waals surface area contributed by atoms with Gasteiger partial charge in [0.05, 0.1) is 23.4 Å². The van der Waals surface area contributed by atoms with Gasteiger partial charge in [0.1, 0.15) is 0 Å². The Morgan fingerprint density at radius 1 is 0.400 bits per heavy atom. The van der Waals surface area contributed by atoms with Gasteiger partial charge < -0.3 is 9.47 Å². The molecule has 0 radical (unpaired) electrons. The van der Waals surface area contributed by atoms with Gasteiger partial charge in [-0.1, -0.05) is 139 Å². The Kier molecular flexibility index (Phi) is 5.45. The van der Waals surface area contributed by atoms with Gasteiger partial charge in [-0.05, 0) is 100 Å². The van der Waals surface area contributed by atoms with Crippen LogP contribution in [0.4, 0.5) is 17.1 Å². The maximum Gasteiger partial charge on any atom is 0.0645 e. The first-order valence-corrected chi connectivity index (χ1v) is 16.4. The van der Waals surface area contributed by atoms with Crippen LogP contribution in [0.3, 0.4) is 0 Å². The molecule has 1 aromatic heterocycles. The van der Waals surface area contributed by atoms with Crippen molar-refractivity contribution in [2.75, 3.05) is 4.90 Å². The first kappa shape index (κ1) is 21.4. The number of hydrogen-bond donors (Lipinski definition) is 0. The molecule has 0 amide bonds. The summed E-state index contributed by atoms with van der Waals surface area (Å²) in [5.74, 6) is 0. The van der Waals surface area contributed by atoms with Gasteiger partial charge in [-0.15, -0.1) is 0 Å². The van der Waals surface area contributed by atoms with E-state index in [4.69, 9.17) is 9.60 Å². The van der Waals surface area contributed by atoms with E-state index in [2.05, 4.69) is 89.5 Å². The standard InChI is InChI=1S/C48H34N2/c1-4-14-35(15-5-1)36-26-30-42(31-27-36)49(40-18-6-2-7-19-40)43-32-28-37(29-33-43)38-16-12-17-39(34-38)44-23-13-25-47-48(44)45-22-10-11-24-46(45)50(47)41-20-8-3-9-21-41/h1-34H/i1D,4D,5D,14D,15D,26D,27D,30D,31D. The number of fused-ring (bicyclic) bond motifs is 3. The third-order valence-electron chi connectivity index (χ3n) is 8.94. The van der Waals surface area contributed by atoms with Crippen LogP contribution in [0.5, 0.6) is 0 Å². The Morgan fingerprint density at radius 2 is 1.02 bits per heavy atom. The Morgan fingerprint density at radius 3 is 1.80 bits per heavy atom. The zero-order valence-electron chi connectivity index (χ0n) is 35.8. The van der Waals surface area contributed by atoms with E-state index in [1.54, 1.807) is 4.90 Å². The van der Waals surface area contributed by atoms with Gasteiger partial charge >= 0.3 is 0 Å². The van der Waals surface area contributed by atoms with Crippen molar-refractivity contribution in [3.63, 3.8) is 0 Å². The molecule has 0 N–H and O–H groups in total. The van der Waals surface area contributed by atoms with Crippen LogP contribution in [-0.4, -0.2) is 4.57 Å². The molecule has 8 aromatic carbocycles. The first-order chi connectivity index (χ1) is 28.6. The topological polar surface area (TPSA) is 8.17 Å². The number of rotatable bonds is 7. The fraction of sp³-hybridized carbons (Fsp3) is 0. The molecule has 0 spiro atoms. The molecule has 236 valence electrons. The second kappa shape index (κ2) is 12.8. The zero-order chi connectivity index (χ0) is 41.1. The average molecular weight is 648 g/mol. The van der Waals surface area contributed by atoms with Crippen molar-refractivity contribution in [3.05, 3.63) is 206 Å². The lowest BCUT2D eigenvalue weighted by Gasteiger charge is -2.26. The predicted octanol–water partition coefficient (Wildman–Crippen LogP) is 13.3. The number of para-hydroxylation sites is 3. The lowest BCUT2D eigenvalue weighted by Crippen LogP contribution is -2.09. The Balaban J connectivity index is 1.14. The lowest BCUT2D eigenvalue weighted by atomic mass is 9.95. The van der Waals surface area contributed by atoms with Gasteiger partial charge in [0.2, 0.25) is 0 Å². The molecule has 50 heavy (non-hydrogen) atoms. The monoisotopic (exact) mass is 647 g/mol. The fourth-order valence-electron chi connectivity index (χ4n) is 6.69. The first-order valence-electron chi connectivity index (χ1n) is 20.9. The minimum absolute atomic E-state index is 0.0418. The zero-order valence-corrected chi connectivity index (χ0v) is 26.8. The molecule has 0 aliphatic heterocycles. The SMILES string of the molecule is [2H]c1c([2H])c([2H])c(-c2c([2H])c([2H])c(N(c3ccccc3)c3ccc(-c4cccc(-c5cccc6c5c5ccccc5n6-c5ccccc5)c4)cc3)c([2H])c2[2H])c([2H])c1[2H]. The van der Waals surface area contributed by atoms with Crippen molar-refractivity contribution in [1.29, 1.82) is 0 Å². The minimum Gasteiger partial charge on any atom is -0.311 e. The van der Waals surface area contributed by atoms with Crippen molar-refractivity contribution < 1.29 is 12.3 Å². The number of nitrogens with zero attached hydrogens (tertiary/aromatic N) is 2. The Hall–Kier alpha value is -6.64. The number of benzene rings is 8. The van der Waals surface area contributed by atoms with E-state index in [1.165, 1.54) is 0 Å². The summed E-state index contributed by atoms with van der Waals surface area (Å²) < 4.78 is 80.1. The van der Waals surface area contributed by atoms with Crippen LogP contribution in [0.2, 0.25) is 0 Å². The van der Waals surface area contributed by atoms with Crippen LogP contribution in [0.1, 0.15) is 12.3 Å². The van der Waals surface area contributed by atoms with E-state index >= 15 is 0 Å². The van der Waals surface area contributed by atoms with E-state index in [0.717, 1.165) is 49.7 Å². The maximum absolute atomic E-state index is 9.20. The van der Waals surface area contributed by atoms with Crippen LogP contribution < -0.4 is 4.90 Å². The number of hydrogen-bond acceptors (Lipinski definition) is 1. The minimum atomic E-state index is -0.619. The van der Waals surface area contributed by atoms with Gasteiger partial charge in [0.15, 0.2) is 0 Å². The number of anilines is 3. The van der Waals surface area contributed by atoms with Crippen LogP contribution in [0.15, 0.2) is 206 Å². The summed E-state index contributed by atoms with van der Waals surface area (Å²) in [6.07, 6.45) is 0. The van der Waals surface area contributed by atoms with Crippen LogP contribution in [0, 0.1) is 0 Å². The maximum atomic E-state index is 9.20. The summed E-state index contributed by atoms with van der Waals surface area (Å²) in [6.45, 7) is 0. The third-order valence-corrected chi connectivity index (χ3v) is 8.94. The molecule has 0 bridgehead atoms. The average Bonchev–Trinajstić information content (AvgIpc) is 3.62. The molecule has 0 unspecified atom stereocenters. The number of aromatic nitrogens is 1. The second-order valence-electron chi connectivity index (χ2n) is 11.9. The van der Waals surface area contributed by atoms with Gasteiger partial charge in [-0.3, -0.25) is 0 Å². The summed E-state index contributed by atoms with van der Waals surface area (Å²) in [7, 11) is 0. The molecule has 1 heterocycles. The largest absolute Gasteiger partial charge is 0.311 e. The van der Waals surface area contributed by atoms with Crippen LogP contribution in [-0.2, 0) is 0 Å². The third kappa shape index (κ3) is 5.34. The lowest BCUT2D eigenvalue weighted by molar-refractivity contribution is 1.18. The summed E-state index contributed by atoms with van der Waals surface area (Å²) >= 11 is 0.